The Labute approximate surface area is 103 Å². The fourth-order valence-electron chi connectivity index (χ4n) is 1.63. The number of anilines is 1. The maximum absolute atomic E-state index is 12.1. The molecule has 0 spiro atoms. The van der Waals surface area contributed by atoms with E-state index in [1.807, 2.05) is 19.0 Å². The summed E-state index contributed by atoms with van der Waals surface area (Å²) in [6, 6.07) is 5.00. The Morgan fingerprint density at radius 1 is 1.29 bits per heavy atom. The second kappa shape index (κ2) is 5.51. The van der Waals surface area contributed by atoms with Gasteiger partial charge in [0, 0.05) is 5.69 Å². The van der Waals surface area contributed by atoms with Gasteiger partial charge in [-0.05, 0) is 51.7 Å². The summed E-state index contributed by atoms with van der Waals surface area (Å²) < 4.78 is 24.2. The quantitative estimate of drug-likeness (QED) is 0.807. The molecule has 17 heavy (non-hydrogen) atoms. The molecule has 0 bridgehead atoms. The Hall–Kier alpha value is -1.07. The Kier molecular flexibility index (Phi) is 4.54. The first-order valence-corrected chi connectivity index (χ1v) is 7.22. The first-order valence-electron chi connectivity index (χ1n) is 5.56. The molecule has 1 rings (SSSR count). The number of nitrogen functional groups attached to an aromatic ring is 1. The molecule has 1 aromatic rings. The van der Waals surface area contributed by atoms with Crippen LogP contribution in [0.1, 0.15) is 12.0 Å². The number of benzene rings is 1. The van der Waals surface area contributed by atoms with Crippen LogP contribution in [0.25, 0.3) is 0 Å². The fraction of sp³-hybridized carbons (Fsp3) is 0.500. The highest BCUT2D eigenvalue weighted by Gasteiger charge is 2.16. The predicted molar refractivity (Wildman–Crippen MR) is 70.8 cm³/mol. The average Bonchev–Trinajstić information content (AvgIpc) is 2.20. The van der Waals surface area contributed by atoms with Crippen molar-refractivity contribution in [2.75, 3.05) is 32.1 Å². The minimum atomic E-state index is -3.22. The number of nitrogens with zero attached hydrogens (tertiary/aromatic N) is 1. The van der Waals surface area contributed by atoms with Gasteiger partial charge in [0.15, 0.2) is 9.84 Å². The van der Waals surface area contributed by atoms with Crippen molar-refractivity contribution in [2.24, 2.45) is 0 Å². The van der Waals surface area contributed by atoms with Crippen molar-refractivity contribution < 1.29 is 8.42 Å². The first-order chi connectivity index (χ1) is 7.83. The Morgan fingerprint density at radius 2 is 1.94 bits per heavy atom. The van der Waals surface area contributed by atoms with Crippen molar-refractivity contribution in [1.29, 1.82) is 0 Å². The lowest BCUT2D eigenvalue weighted by Crippen LogP contribution is -2.17. The molecule has 0 aliphatic heterocycles. The Morgan fingerprint density at radius 3 is 2.53 bits per heavy atom. The van der Waals surface area contributed by atoms with E-state index in [-0.39, 0.29) is 5.75 Å². The molecular formula is C12H20N2O2S. The summed E-state index contributed by atoms with van der Waals surface area (Å²) in [4.78, 5) is 2.33. The van der Waals surface area contributed by atoms with Crippen molar-refractivity contribution in [3.63, 3.8) is 0 Å². The molecule has 0 unspecified atom stereocenters. The summed E-state index contributed by atoms with van der Waals surface area (Å²) >= 11 is 0. The molecule has 0 heterocycles. The largest absolute Gasteiger partial charge is 0.399 e. The maximum Gasteiger partial charge on any atom is 0.178 e. The van der Waals surface area contributed by atoms with Crippen molar-refractivity contribution >= 4 is 15.5 Å². The van der Waals surface area contributed by atoms with Crippen LogP contribution in [-0.4, -0.2) is 39.7 Å². The van der Waals surface area contributed by atoms with Crippen molar-refractivity contribution in [3.05, 3.63) is 23.8 Å². The van der Waals surface area contributed by atoms with Crippen LogP contribution in [0.15, 0.2) is 23.1 Å². The number of hydrogen-bond donors (Lipinski definition) is 1. The predicted octanol–water partition coefficient (Wildman–Crippen LogP) is 1.30. The topological polar surface area (TPSA) is 63.4 Å². The van der Waals surface area contributed by atoms with Gasteiger partial charge in [-0.25, -0.2) is 8.42 Å². The van der Waals surface area contributed by atoms with E-state index in [1.54, 1.807) is 25.1 Å². The third-order valence-electron chi connectivity index (χ3n) is 2.57. The molecule has 0 fully saturated rings. The minimum absolute atomic E-state index is 0.162. The smallest absolute Gasteiger partial charge is 0.178 e. The Balaban J connectivity index is 2.86. The summed E-state index contributed by atoms with van der Waals surface area (Å²) in [7, 11) is 0.642. The molecule has 0 amide bonds. The zero-order chi connectivity index (χ0) is 13.1. The summed E-state index contributed by atoms with van der Waals surface area (Å²) in [5, 5.41) is 0. The van der Waals surface area contributed by atoms with Gasteiger partial charge in [0.2, 0.25) is 0 Å². The molecule has 96 valence electrons. The van der Waals surface area contributed by atoms with Crippen LogP contribution < -0.4 is 5.73 Å². The third-order valence-corrected chi connectivity index (χ3v) is 4.50. The van der Waals surface area contributed by atoms with Gasteiger partial charge in [-0.15, -0.1) is 0 Å². The van der Waals surface area contributed by atoms with Crippen LogP contribution in [0.5, 0.6) is 0 Å². The third kappa shape index (κ3) is 4.02. The monoisotopic (exact) mass is 256 g/mol. The number of nitrogens with two attached hydrogens (primary N) is 1. The highest BCUT2D eigenvalue weighted by molar-refractivity contribution is 7.91. The van der Waals surface area contributed by atoms with E-state index in [9.17, 15) is 8.42 Å². The van der Waals surface area contributed by atoms with Gasteiger partial charge in [0.1, 0.15) is 0 Å². The van der Waals surface area contributed by atoms with Crippen molar-refractivity contribution in [1.82, 2.24) is 4.90 Å². The van der Waals surface area contributed by atoms with Crippen LogP contribution in [0.4, 0.5) is 5.69 Å². The molecule has 1 aromatic carbocycles. The molecule has 0 aliphatic carbocycles. The molecule has 0 atom stereocenters. The summed E-state index contributed by atoms with van der Waals surface area (Å²) in [5.74, 6) is 0.162. The van der Waals surface area contributed by atoms with Crippen LogP contribution in [0.2, 0.25) is 0 Å². The number of rotatable bonds is 5. The lowest BCUT2D eigenvalue weighted by Gasteiger charge is -2.11. The lowest BCUT2D eigenvalue weighted by molar-refractivity contribution is 0.408. The van der Waals surface area contributed by atoms with E-state index in [0.29, 0.717) is 17.0 Å². The van der Waals surface area contributed by atoms with E-state index < -0.39 is 9.84 Å². The number of sulfone groups is 1. The highest BCUT2D eigenvalue weighted by atomic mass is 32.2. The van der Waals surface area contributed by atoms with Crippen molar-refractivity contribution in [2.45, 2.75) is 18.2 Å². The highest BCUT2D eigenvalue weighted by Crippen LogP contribution is 2.20. The molecule has 0 radical (unpaired) electrons. The van der Waals surface area contributed by atoms with Crippen LogP contribution in [0, 0.1) is 6.92 Å². The second-order valence-corrected chi connectivity index (χ2v) is 6.58. The molecular weight excluding hydrogens is 236 g/mol. The second-order valence-electron chi connectivity index (χ2n) is 4.50. The fourth-order valence-corrected chi connectivity index (χ4v) is 3.24. The van der Waals surface area contributed by atoms with E-state index in [0.717, 1.165) is 12.1 Å². The molecule has 0 aromatic heterocycles. The van der Waals surface area contributed by atoms with E-state index in [1.165, 1.54) is 0 Å². The summed E-state index contributed by atoms with van der Waals surface area (Å²) in [5.41, 5.74) is 6.87. The van der Waals surface area contributed by atoms with Gasteiger partial charge in [-0.1, -0.05) is 6.07 Å². The molecule has 2 N–H and O–H groups in total. The van der Waals surface area contributed by atoms with Gasteiger partial charge < -0.3 is 10.6 Å². The van der Waals surface area contributed by atoms with Crippen molar-refractivity contribution in [3.8, 4) is 0 Å². The lowest BCUT2D eigenvalue weighted by atomic mass is 10.2. The summed E-state index contributed by atoms with van der Waals surface area (Å²) in [6.45, 7) is 2.55. The van der Waals surface area contributed by atoms with Gasteiger partial charge in [-0.3, -0.25) is 0 Å². The molecule has 5 heteroatoms. The first kappa shape index (κ1) is 14.0. The van der Waals surface area contributed by atoms with Gasteiger partial charge in [0.05, 0.1) is 10.6 Å². The van der Waals surface area contributed by atoms with E-state index >= 15 is 0 Å². The standard InChI is InChI=1S/C12H20N2O2S/c1-10-5-6-11(13)9-12(10)17(15,16)8-4-7-14(2)3/h5-6,9H,4,7-8,13H2,1-3H3. The van der Waals surface area contributed by atoms with Crippen LogP contribution in [0.3, 0.4) is 0 Å². The van der Waals surface area contributed by atoms with Gasteiger partial charge in [0.25, 0.3) is 0 Å². The molecule has 0 saturated heterocycles. The number of aryl methyl sites for hydroxylation is 1. The van der Waals surface area contributed by atoms with Crippen LogP contribution in [-0.2, 0) is 9.84 Å². The molecule has 0 saturated carbocycles. The van der Waals surface area contributed by atoms with Crippen LogP contribution >= 0.6 is 0 Å². The average molecular weight is 256 g/mol. The molecule has 4 nitrogen and oxygen atoms in total. The normalized spacial score (nSPS) is 12.0. The zero-order valence-electron chi connectivity index (χ0n) is 10.6. The number of hydrogen-bond acceptors (Lipinski definition) is 4. The van der Waals surface area contributed by atoms with E-state index in [2.05, 4.69) is 0 Å². The Bertz CT molecular complexity index is 481. The van der Waals surface area contributed by atoms with Gasteiger partial charge >= 0.3 is 0 Å². The zero-order valence-corrected chi connectivity index (χ0v) is 11.4. The van der Waals surface area contributed by atoms with Gasteiger partial charge in [-0.2, -0.15) is 0 Å². The SMILES string of the molecule is Cc1ccc(N)cc1S(=O)(=O)CCCN(C)C. The molecule has 0 aliphatic rings. The summed E-state index contributed by atoms with van der Waals surface area (Å²) in [6.07, 6.45) is 0.629. The minimum Gasteiger partial charge on any atom is -0.399 e. The van der Waals surface area contributed by atoms with E-state index in [4.69, 9.17) is 5.73 Å². The maximum atomic E-state index is 12.1.